The summed E-state index contributed by atoms with van der Waals surface area (Å²) in [7, 11) is -4.19. The highest BCUT2D eigenvalue weighted by Gasteiger charge is 2.35. The average molecular weight is 432 g/mol. The third-order valence-corrected chi connectivity index (χ3v) is 6.37. The molecule has 2 atom stereocenters. The van der Waals surface area contributed by atoms with E-state index in [2.05, 4.69) is 0 Å². The first-order chi connectivity index (χ1) is 12.5. The summed E-state index contributed by atoms with van der Waals surface area (Å²) in [5.41, 5.74) is 5.35. The summed E-state index contributed by atoms with van der Waals surface area (Å²) in [5, 5.41) is 20.5. The summed E-state index contributed by atoms with van der Waals surface area (Å²) in [5.74, 6) is -0.384. The number of aliphatic hydroxyl groups excluding tert-OH is 1. The smallest absolute Gasteiger partial charge is 0.264 e. The number of rotatable bonds is 8. The van der Waals surface area contributed by atoms with Crippen LogP contribution in [0.25, 0.3) is 0 Å². The van der Waals surface area contributed by atoms with Crippen molar-refractivity contribution in [1.29, 1.82) is 0 Å². The van der Waals surface area contributed by atoms with Gasteiger partial charge in [0.2, 0.25) is 0 Å². The first kappa shape index (κ1) is 22.0. The van der Waals surface area contributed by atoms with Crippen LogP contribution in [-0.4, -0.2) is 34.5 Å². The second-order valence-corrected chi connectivity index (χ2v) is 9.43. The average Bonchev–Trinajstić information content (AvgIpc) is 2.59. The van der Waals surface area contributed by atoms with E-state index in [0.29, 0.717) is 17.0 Å². The Balaban J connectivity index is 2.22. The van der Waals surface area contributed by atoms with Crippen molar-refractivity contribution in [2.75, 3.05) is 5.75 Å². The lowest BCUT2D eigenvalue weighted by Crippen LogP contribution is -2.46. The van der Waals surface area contributed by atoms with Gasteiger partial charge in [-0.25, -0.2) is 0 Å². The van der Waals surface area contributed by atoms with E-state index in [9.17, 15) is 18.6 Å². The highest BCUT2D eigenvalue weighted by atomic mass is 35.5. The summed E-state index contributed by atoms with van der Waals surface area (Å²) >= 11 is 7.72. The van der Waals surface area contributed by atoms with Gasteiger partial charge in [0, 0.05) is 25.9 Å². The Kier molecular flexibility index (Phi) is 7.18. The molecule has 9 heteroatoms. The van der Waals surface area contributed by atoms with Gasteiger partial charge in [-0.15, -0.1) is 0 Å². The van der Waals surface area contributed by atoms with E-state index in [-0.39, 0.29) is 12.2 Å². The molecular weight excluding hydrogens is 410 g/mol. The lowest BCUT2D eigenvalue weighted by molar-refractivity contribution is 0.0783. The van der Waals surface area contributed by atoms with Crippen LogP contribution in [0.2, 0.25) is 5.02 Å². The summed E-state index contributed by atoms with van der Waals surface area (Å²) in [6.45, 7) is 1.73. The molecule has 0 heterocycles. The van der Waals surface area contributed by atoms with Crippen molar-refractivity contribution >= 4 is 33.5 Å². The Labute approximate surface area is 168 Å². The molecule has 148 valence electrons. The van der Waals surface area contributed by atoms with Crippen LogP contribution in [0.1, 0.15) is 31.4 Å². The largest absolute Gasteiger partial charge is 0.508 e. The number of phenolic OH excluding ortho intramolecular Hbond substituents is 1. The zero-order valence-corrected chi connectivity index (χ0v) is 17.1. The number of hydrogen-bond acceptors (Lipinski definition) is 6. The van der Waals surface area contributed by atoms with E-state index >= 15 is 0 Å². The molecule has 27 heavy (non-hydrogen) atoms. The molecule has 0 aliphatic heterocycles. The SMILES string of the molecule is CCC(N)(CCS(=O)(=O)O)C(O)c1ccc(Sc2cccc(O)c2)cc1Cl. The van der Waals surface area contributed by atoms with Crippen molar-refractivity contribution in [3.63, 3.8) is 0 Å². The molecule has 0 bridgehead atoms. The van der Waals surface area contributed by atoms with Crippen LogP contribution < -0.4 is 5.73 Å². The molecule has 0 aliphatic rings. The fraction of sp³-hybridized carbons (Fsp3) is 0.333. The molecule has 0 saturated heterocycles. The molecule has 0 saturated carbocycles. The third kappa shape index (κ3) is 6.10. The molecule has 0 radical (unpaired) electrons. The van der Waals surface area contributed by atoms with E-state index in [1.54, 1.807) is 43.3 Å². The Morgan fingerprint density at radius 1 is 1.22 bits per heavy atom. The van der Waals surface area contributed by atoms with Crippen LogP contribution in [0.4, 0.5) is 0 Å². The van der Waals surface area contributed by atoms with Crippen LogP contribution in [0.3, 0.4) is 0 Å². The minimum Gasteiger partial charge on any atom is -0.508 e. The number of aromatic hydroxyl groups is 1. The molecule has 6 nitrogen and oxygen atoms in total. The maximum absolute atomic E-state index is 11.0. The molecule has 0 spiro atoms. The van der Waals surface area contributed by atoms with Crippen molar-refractivity contribution in [2.24, 2.45) is 5.73 Å². The minimum absolute atomic E-state index is 0.111. The summed E-state index contributed by atoms with van der Waals surface area (Å²) in [6, 6.07) is 11.9. The van der Waals surface area contributed by atoms with E-state index in [1.165, 1.54) is 11.8 Å². The molecule has 5 N–H and O–H groups in total. The zero-order chi connectivity index (χ0) is 20.2. The topological polar surface area (TPSA) is 121 Å². The van der Waals surface area contributed by atoms with E-state index in [0.717, 1.165) is 9.79 Å². The molecule has 2 unspecified atom stereocenters. The Morgan fingerprint density at radius 2 is 1.89 bits per heavy atom. The van der Waals surface area contributed by atoms with Gasteiger partial charge in [-0.1, -0.05) is 42.4 Å². The van der Waals surface area contributed by atoms with Crippen molar-refractivity contribution in [1.82, 2.24) is 0 Å². The van der Waals surface area contributed by atoms with Crippen molar-refractivity contribution in [2.45, 2.75) is 41.2 Å². The number of phenols is 1. The fourth-order valence-electron chi connectivity index (χ4n) is 2.61. The van der Waals surface area contributed by atoms with Gasteiger partial charge in [0.1, 0.15) is 5.75 Å². The van der Waals surface area contributed by atoms with Crippen LogP contribution in [0.5, 0.6) is 5.75 Å². The van der Waals surface area contributed by atoms with E-state index < -0.39 is 27.5 Å². The summed E-state index contributed by atoms with van der Waals surface area (Å²) in [4.78, 5) is 1.63. The molecule has 2 rings (SSSR count). The van der Waals surface area contributed by atoms with E-state index in [1.807, 2.05) is 6.07 Å². The molecule has 2 aromatic rings. The summed E-state index contributed by atoms with van der Waals surface area (Å²) < 4.78 is 31.0. The van der Waals surface area contributed by atoms with Crippen LogP contribution in [0, 0.1) is 0 Å². The number of aliphatic hydroxyl groups is 1. The van der Waals surface area contributed by atoms with Gasteiger partial charge < -0.3 is 15.9 Å². The van der Waals surface area contributed by atoms with Crippen LogP contribution >= 0.6 is 23.4 Å². The van der Waals surface area contributed by atoms with Gasteiger partial charge in [0.05, 0.1) is 11.9 Å². The Morgan fingerprint density at radius 3 is 2.44 bits per heavy atom. The fourth-order valence-corrected chi connectivity index (χ4v) is 4.51. The van der Waals surface area contributed by atoms with Gasteiger partial charge >= 0.3 is 0 Å². The second kappa shape index (κ2) is 8.81. The van der Waals surface area contributed by atoms with E-state index in [4.69, 9.17) is 21.9 Å². The maximum atomic E-state index is 11.0. The predicted octanol–water partition coefficient (Wildman–Crippen LogP) is 3.62. The highest BCUT2D eigenvalue weighted by Crippen LogP contribution is 2.37. The molecule has 0 fully saturated rings. The van der Waals surface area contributed by atoms with Crippen molar-refractivity contribution in [3.8, 4) is 5.75 Å². The van der Waals surface area contributed by atoms with Crippen LogP contribution in [0.15, 0.2) is 52.3 Å². The molecule has 0 aromatic heterocycles. The second-order valence-electron chi connectivity index (χ2n) is 6.31. The lowest BCUT2D eigenvalue weighted by Gasteiger charge is -2.34. The van der Waals surface area contributed by atoms with Gasteiger partial charge in [0.15, 0.2) is 0 Å². The summed E-state index contributed by atoms with van der Waals surface area (Å²) in [6.07, 6.45) is -1.02. The zero-order valence-electron chi connectivity index (χ0n) is 14.7. The first-order valence-corrected chi connectivity index (χ1v) is 11.0. The Bertz CT molecular complexity index is 906. The molecular formula is C18H22ClNO5S2. The number of nitrogens with two attached hydrogens (primary N) is 1. The van der Waals surface area contributed by atoms with Crippen LogP contribution in [-0.2, 0) is 10.1 Å². The molecule has 0 aliphatic carbocycles. The van der Waals surface area contributed by atoms with Crippen molar-refractivity contribution < 1.29 is 23.2 Å². The van der Waals surface area contributed by atoms with Gasteiger partial charge in [-0.05, 0) is 43.2 Å². The maximum Gasteiger partial charge on any atom is 0.264 e. The van der Waals surface area contributed by atoms with Crippen molar-refractivity contribution in [3.05, 3.63) is 53.1 Å². The Hall–Kier alpha value is -1.29. The predicted molar refractivity (Wildman–Crippen MR) is 107 cm³/mol. The van der Waals surface area contributed by atoms with Gasteiger partial charge in [-0.2, -0.15) is 8.42 Å². The van der Waals surface area contributed by atoms with Gasteiger partial charge in [-0.3, -0.25) is 4.55 Å². The molecule has 2 aromatic carbocycles. The van der Waals surface area contributed by atoms with Gasteiger partial charge in [0.25, 0.3) is 10.1 Å². The number of halogens is 1. The normalized spacial score (nSPS) is 15.3. The monoisotopic (exact) mass is 431 g/mol. The number of benzene rings is 2. The first-order valence-electron chi connectivity index (χ1n) is 8.22. The lowest BCUT2D eigenvalue weighted by atomic mass is 9.84. The quantitative estimate of drug-likeness (QED) is 0.471. The standard InChI is InChI=1S/C18H22ClNO5S2/c1-2-18(20,8-9-27(23,24)25)17(22)15-7-6-14(11-16(15)19)26-13-5-3-4-12(21)10-13/h3-7,10-11,17,21-22H,2,8-9,20H2,1H3,(H,23,24,25). The number of hydrogen-bond donors (Lipinski definition) is 4. The third-order valence-electron chi connectivity index (χ3n) is 4.35. The highest BCUT2D eigenvalue weighted by molar-refractivity contribution is 7.99. The molecule has 0 amide bonds. The minimum atomic E-state index is -4.19.